The highest BCUT2D eigenvalue weighted by Gasteiger charge is 2.19. The van der Waals surface area contributed by atoms with Crippen LogP contribution < -0.4 is 5.32 Å². The van der Waals surface area contributed by atoms with Gasteiger partial charge in [-0.1, -0.05) is 6.92 Å². The Morgan fingerprint density at radius 3 is 2.38 bits per heavy atom. The maximum atomic E-state index is 11.5. The zero-order valence-corrected chi connectivity index (χ0v) is 11.5. The van der Waals surface area contributed by atoms with Crippen molar-refractivity contribution < 1.29 is 8.42 Å². The molecule has 0 atom stereocenters. The Labute approximate surface area is 104 Å². The number of nitrogens with one attached hydrogen (secondary N) is 1. The topological polar surface area (TPSA) is 46.2 Å². The van der Waals surface area contributed by atoms with Crippen LogP contribution in [-0.2, 0) is 9.84 Å². The lowest BCUT2D eigenvalue weighted by molar-refractivity contribution is 0.384. The first-order valence-corrected chi connectivity index (χ1v) is 8.37. The van der Waals surface area contributed by atoms with Crippen LogP contribution in [0.5, 0.6) is 0 Å². The van der Waals surface area contributed by atoms with E-state index < -0.39 is 9.84 Å². The highest BCUT2D eigenvalue weighted by molar-refractivity contribution is 7.91. The molecule has 0 aromatic carbocycles. The summed E-state index contributed by atoms with van der Waals surface area (Å²) in [5.41, 5.74) is 0. The first kappa shape index (κ1) is 14.3. The van der Waals surface area contributed by atoms with E-state index in [1.54, 1.807) is 0 Å². The lowest BCUT2D eigenvalue weighted by Gasteiger charge is -2.25. The van der Waals surface area contributed by atoms with Crippen molar-refractivity contribution in [2.24, 2.45) is 0 Å². The van der Waals surface area contributed by atoms with Crippen LogP contribution in [0.1, 0.15) is 39.0 Å². The molecule has 0 aromatic rings. The molecule has 0 heterocycles. The highest BCUT2D eigenvalue weighted by Crippen LogP contribution is 2.22. The second-order valence-electron chi connectivity index (χ2n) is 4.55. The van der Waals surface area contributed by atoms with Gasteiger partial charge in [0.2, 0.25) is 0 Å². The van der Waals surface area contributed by atoms with Gasteiger partial charge in [-0.05, 0) is 32.1 Å². The van der Waals surface area contributed by atoms with E-state index in [9.17, 15) is 8.42 Å². The third-order valence-corrected chi connectivity index (χ3v) is 5.31. The number of sulfone groups is 1. The van der Waals surface area contributed by atoms with Gasteiger partial charge in [0, 0.05) is 23.7 Å². The number of rotatable bonds is 6. The van der Waals surface area contributed by atoms with Crippen LogP contribution in [0.15, 0.2) is 0 Å². The summed E-state index contributed by atoms with van der Waals surface area (Å²) in [5.74, 6) is 0.574. The molecule has 0 spiro atoms. The smallest absolute Gasteiger partial charge is 0.151 e. The molecule has 0 saturated heterocycles. The fraction of sp³-hybridized carbons (Fsp3) is 1.00. The molecule has 1 saturated carbocycles. The molecule has 0 aromatic heterocycles. The third-order valence-electron chi connectivity index (χ3n) is 3.02. The predicted molar refractivity (Wildman–Crippen MR) is 68.8 cm³/mol. The van der Waals surface area contributed by atoms with Crippen LogP contribution in [0, 0.1) is 0 Å². The normalized spacial score (nSPS) is 26.9. The van der Waals surface area contributed by atoms with Crippen molar-refractivity contribution in [2.75, 3.05) is 18.1 Å². The van der Waals surface area contributed by atoms with E-state index >= 15 is 0 Å². The molecular formula is C11H22ClNO2S. The lowest BCUT2D eigenvalue weighted by atomic mass is 9.95. The van der Waals surface area contributed by atoms with Crippen LogP contribution in [-0.4, -0.2) is 37.9 Å². The van der Waals surface area contributed by atoms with E-state index in [4.69, 9.17) is 11.6 Å². The summed E-state index contributed by atoms with van der Waals surface area (Å²) in [4.78, 5) is 0. The van der Waals surface area contributed by atoms with Gasteiger partial charge in [-0.25, -0.2) is 8.42 Å². The minimum atomic E-state index is -2.83. The maximum Gasteiger partial charge on any atom is 0.151 e. The first-order valence-electron chi connectivity index (χ1n) is 6.11. The molecule has 1 aliphatic rings. The molecule has 1 fully saturated rings. The Bertz CT molecular complexity index is 284. The van der Waals surface area contributed by atoms with Crippen molar-refractivity contribution in [2.45, 2.75) is 50.4 Å². The summed E-state index contributed by atoms with van der Waals surface area (Å²) in [7, 11) is -2.83. The molecule has 3 nitrogen and oxygen atoms in total. The number of hydrogen-bond acceptors (Lipinski definition) is 3. The van der Waals surface area contributed by atoms with E-state index in [1.165, 1.54) is 0 Å². The van der Waals surface area contributed by atoms with Crippen LogP contribution >= 0.6 is 11.6 Å². The molecule has 0 radical (unpaired) electrons. The van der Waals surface area contributed by atoms with Gasteiger partial charge >= 0.3 is 0 Å². The lowest BCUT2D eigenvalue weighted by Crippen LogP contribution is -2.36. The largest absolute Gasteiger partial charge is 0.313 e. The van der Waals surface area contributed by atoms with Gasteiger partial charge in [-0.3, -0.25) is 0 Å². The van der Waals surface area contributed by atoms with Crippen molar-refractivity contribution in [1.29, 1.82) is 0 Å². The minimum absolute atomic E-state index is 0.266. The fourth-order valence-electron chi connectivity index (χ4n) is 2.09. The van der Waals surface area contributed by atoms with E-state index in [-0.39, 0.29) is 5.75 Å². The van der Waals surface area contributed by atoms with Gasteiger partial charge in [0.1, 0.15) is 0 Å². The second-order valence-corrected chi connectivity index (χ2v) is 7.48. The molecule has 1 aliphatic carbocycles. The average molecular weight is 268 g/mol. The third kappa shape index (κ3) is 5.51. The van der Waals surface area contributed by atoms with Crippen molar-refractivity contribution in [1.82, 2.24) is 5.32 Å². The molecule has 0 bridgehead atoms. The quantitative estimate of drug-likeness (QED) is 0.749. The molecule has 96 valence electrons. The van der Waals surface area contributed by atoms with Crippen LogP contribution in [0.3, 0.4) is 0 Å². The summed E-state index contributed by atoms with van der Waals surface area (Å²) in [6, 6.07) is 0.465. The zero-order chi connectivity index (χ0) is 12.0. The highest BCUT2D eigenvalue weighted by atomic mass is 35.5. The second kappa shape index (κ2) is 6.82. The van der Waals surface area contributed by atoms with E-state index in [1.807, 2.05) is 6.92 Å². The van der Waals surface area contributed by atoms with Crippen molar-refractivity contribution >= 4 is 21.4 Å². The molecule has 0 amide bonds. The molecule has 1 rings (SSSR count). The predicted octanol–water partition coefficient (Wildman–Crippen LogP) is 1.95. The summed E-state index contributed by atoms with van der Waals surface area (Å²) in [5, 5.41) is 3.64. The number of alkyl halides is 1. The monoisotopic (exact) mass is 267 g/mol. The van der Waals surface area contributed by atoms with Crippen LogP contribution in [0.25, 0.3) is 0 Å². The number of hydrogen-bond donors (Lipinski definition) is 1. The molecule has 0 unspecified atom stereocenters. The Hall–Kier alpha value is 0.200. The summed E-state index contributed by atoms with van der Waals surface area (Å²) >= 11 is 6.01. The Morgan fingerprint density at radius 1 is 1.19 bits per heavy atom. The summed E-state index contributed by atoms with van der Waals surface area (Å²) in [6.07, 6.45) is 4.94. The molecule has 1 N–H and O–H groups in total. The standard InChI is InChI=1S/C11H22ClNO2S/c1-2-8-16(14,15)9-7-13-11-5-3-10(12)4-6-11/h10-11,13H,2-9H2,1H3. The number of halogens is 1. The van der Waals surface area contributed by atoms with Crippen LogP contribution in [0.2, 0.25) is 0 Å². The molecular weight excluding hydrogens is 246 g/mol. The average Bonchev–Trinajstić information content (AvgIpc) is 2.20. The Morgan fingerprint density at radius 2 is 1.81 bits per heavy atom. The zero-order valence-electron chi connectivity index (χ0n) is 9.91. The maximum absolute atomic E-state index is 11.5. The van der Waals surface area contributed by atoms with Gasteiger partial charge in [0.25, 0.3) is 0 Å². The first-order chi connectivity index (χ1) is 7.53. The Kier molecular flexibility index (Phi) is 6.08. The summed E-state index contributed by atoms with van der Waals surface area (Å²) in [6.45, 7) is 2.48. The van der Waals surface area contributed by atoms with Gasteiger partial charge < -0.3 is 5.32 Å². The SMILES string of the molecule is CCCS(=O)(=O)CCNC1CCC(Cl)CC1. The molecule has 5 heteroatoms. The van der Waals surface area contributed by atoms with E-state index in [0.29, 0.717) is 30.1 Å². The van der Waals surface area contributed by atoms with Gasteiger partial charge in [0.05, 0.1) is 5.75 Å². The van der Waals surface area contributed by atoms with Gasteiger partial charge in [0.15, 0.2) is 9.84 Å². The molecule has 0 aliphatic heterocycles. The van der Waals surface area contributed by atoms with Crippen molar-refractivity contribution in [3.05, 3.63) is 0 Å². The van der Waals surface area contributed by atoms with Gasteiger partial charge in [-0.15, -0.1) is 11.6 Å². The van der Waals surface area contributed by atoms with Gasteiger partial charge in [-0.2, -0.15) is 0 Å². The Balaban J connectivity index is 2.16. The fourth-order valence-corrected chi connectivity index (χ4v) is 3.60. The van der Waals surface area contributed by atoms with Crippen molar-refractivity contribution in [3.8, 4) is 0 Å². The summed E-state index contributed by atoms with van der Waals surface area (Å²) < 4.78 is 22.9. The van der Waals surface area contributed by atoms with Crippen LogP contribution in [0.4, 0.5) is 0 Å². The van der Waals surface area contributed by atoms with E-state index in [0.717, 1.165) is 25.7 Å². The van der Waals surface area contributed by atoms with Crippen molar-refractivity contribution in [3.63, 3.8) is 0 Å². The minimum Gasteiger partial charge on any atom is -0.313 e. The molecule has 16 heavy (non-hydrogen) atoms. The van der Waals surface area contributed by atoms with E-state index in [2.05, 4.69) is 5.32 Å².